The van der Waals surface area contributed by atoms with E-state index < -0.39 is 10.8 Å². The molecule has 0 saturated carbocycles. The van der Waals surface area contributed by atoms with Crippen LogP contribution in [-0.2, 0) is 0 Å². The number of nitro groups is 1. The molecule has 1 amide bonds. The topological polar surface area (TPSA) is 148 Å². The Kier molecular flexibility index (Phi) is 2.64. The molecule has 9 nitrogen and oxygen atoms in total. The van der Waals surface area contributed by atoms with Gasteiger partial charge in [-0.3, -0.25) is 14.9 Å². The van der Waals surface area contributed by atoms with Crippen LogP contribution in [0.2, 0.25) is 0 Å². The molecule has 0 aliphatic rings. The molecule has 9 heteroatoms. The maximum Gasteiger partial charge on any atom is 0.271 e. The van der Waals surface area contributed by atoms with Crippen LogP contribution in [-0.4, -0.2) is 31.3 Å². The summed E-state index contributed by atoms with van der Waals surface area (Å²) in [6, 6.07) is 3.34. The van der Waals surface area contributed by atoms with Gasteiger partial charge in [-0.15, -0.1) is 0 Å². The Bertz CT molecular complexity index is 636. The molecule has 0 atom stereocenters. The lowest BCUT2D eigenvalue weighted by Gasteiger charge is -2.01. The number of nitrogens with one attached hydrogen (secondary N) is 1. The van der Waals surface area contributed by atoms with Gasteiger partial charge in [-0.25, -0.2) is 0 Å². The van der Waals surface area contributed by atoms with Gasteiger partial charge in [-0.1, -0.05) is 0 Å². The normalized spacial score (nSPS) is 10.2. The van der Waals surface area contributed by atoms with E-state index in [2.05, 4.69) is 15.4 Å². The van der Waals surface area contributed by atoms with Gasteiger partial charge in [-0.2, -0.15) is 15.4 Å². The molecule has 1 heterocycles. The highest BCUT2D eigenvalue weighted by Crippen LogP contribution is 2.32. The second-order valence-electron chi connectivity index (χ2n) is 3.34. The average molecular weight is 249 g/mol. The molecule has 0 aliphatic heterocycles. The van der Waals surface area contributed by atoms with Crippen molar-refractivity contribution in [2.24, 2.45) is 5.73 Å². The first-order chi connectivity index (χ1) is 8.50. The number of non-ortho nitro benzene ring substituents is 1. The van der Waals surface area contributed by atoms with Crippen molar-refractivity contribution in [3.8, 4) is 17.0 Å². The Balaban J connectivity index is 2.63. The third-order valence-electron chi connectivity index (χ3n) is 2.23. The summed E-state index contributed by atoms with van der Waals surface area (Å²) in [5, 5.41) is 29.6. The minimum Gasteiger partial charge on any atom is -0.507 e. The molecule has 0 aliphatic carbocycles. The van der Waals surface area contributed by atoms with Crippen LogP contribution in [0.3, 0.4) is 0 Å². The number of nitro benzene ring substituents is 1. The third kappa shape index (κ3) is 1.84. The fraction of sp³-hybridized carbons (Fsp3) is 0. The van der Waals surface area contributed by atoms with Crippen LogP contribution >= 0.6 is 0 Å². The number of primary amides is 1. The lowest BCUT2D eigenvalue weighted by Crippen LogP contribution is -2.12. The summed E-state index contributed by atoms with van der Waals surface area (Å²) >= 11 is 0. The number of phenols is 1. The maximum atomic E-state index is 11.1. The van der Waals surface area contributed by atoms with Crippen LogP contribution in [0.25, 0.3) is 11.3 Å². The molecule has 4 N–H and O–H groups in total. The number of nitrogens with zero attached hydrogens (tertiary/aromatic N) is 3. The van der Waals surface area contributed by atoms with Crippen LogP contribution in [0, 0.1) is 10.1 Å². The third-order valence-corrected chi connectivity index (χ3v) is 2.23. The standard InChI is InChI=1S/C9H7N5O4/c10-9(16)8-7(11-13-12-8)5-3-4(14(17)18)1-2-6(5)15/h1-3,15H,(H2,10,16)(H,11,12,13). The average Bonchev–Trinajstić information content (AvgIpc) is 2.78. The molecule has 92 valence electrons. The number of aromatic hydroxyl groups is 1. The van der Waals surface area contributed by atoms with E-state index >= 15 is 0 Å². The van der Waals surface area contributed by atoms with Gasteiger partial charge in [0, 0.05) is 12.1 Å². The zero-order chi connectivity index (χ0) is 13.3. The van der Waals surface area contributed by atoms with Gasteiger partial charge in [0.05, 0.1) is 10.5 Å². The van der Waals surface area contributed by atoms with Crippen LogP contribution < -0.4 is 5.73 Å². The Morgan fingerprint density at radius 2 is 2.17 bits per heavy atom. The molecule has 1 aromatic carbocycles. The zero-order valence-electron chi connectivity index (χ0n) is 8.82. The molecule has 0 unspecified atom stereocenters. The number of rotatable bonds is 3. The number of hydrogen-bond donors (Lipinski definition) is 3. The quantitative estimate of drug-likeness (QED) is 0.522. The molecule has 0 bridgehead atoms. The fourth-order valence-corrected chi connectivity index (χ4v) is 1.42. The molecule has 1 aromatic heterocycles. The summed E-state index contributed by atoms with van der Waals surface area (Å²) in [6.07, 6.45) is 0. The predicted molar refractivity (Wildman–Crippen MR) is 58.7 cm³/mol. The van der Waals surface area contributed by atoms with Gasteiger partial charge in [0.25, 0.3) is 11.6 Å². The number of benzene rings is 1. The summed E-state index contributed by atoms with van der Waals surface area (Å²) in [5.74, 6) is -1.12. The molecule has 0 fully saturated rings. The predicted octanol–water partition coefficient (Wildman–Crippen LogP) is 0.184. The molecule has 18 heavy (non-hydrogen) atoms. The fourth-order valence-electron chi connectivity index (χ4n) is 1.42. The first-order valence-electron chi connectivity index (χ1n) is 4.69. The van der Waals surface area contributed by atoms with E-state index in [9.17, 15) is 20.0 Å². The first-order valence-corrected chi connectivity index (χ1v) is 4.69. The van der Waals surface area contributed by atoms with Gasteiger partial charge in [0.1, 0.15) is 11.4 Å². The van der Waals surface area contributed by atoms with Crippen molar-refractivity contribution in [1.29, 1.82) is 0 Å². The van der Waals surface area contributed by atoms with Crippen molar-refractivity contribution in [2.45, 2.75) is 0 Å². The van der Waals surface area contributed by atoms with E-state index in [4.69, 9.17) is 5.73 Å². The Hall–Kier alpha value is -2.97. The SMILES string of the molecule is NC(=O)c1n[nH]nc1-c1cc([N+](=O)[O-])ccc1O. The molecule has 2 rings (SSSR count). The molecular weight excluding hydrogens is 242 g/mol. The molecule has 0 saturated heterocycles. The lowest BCUT2D eigenvalue weighted by molar-refractivity contribution is -0.384. The van der Waals surface area contributed by atoms with Crippen molar-refractivity contribution in [2.75, 3.05) is 0 Å². The highest BCUT2D eigenvalue weighted by atomic mass is 16.6. The first kappa shape index (κ1) is 11.5. The molecular formula is C9H7N5O4. The summed E-state index contributed by atoms with van der Waals surface area (Å²) in [5.41, 5.74) is 4.58. The van der Waals surface area contributed by atoms with Gasteiger partial charge in [0.15, 0.2) is 5.69 Å². The Morgan fingerprint density at radius 1 is 1.44 bits per heavy atom. The van der Waals surface area contributed by atoms with Crippen LogP contribution in [0.4, 0.5) is 5.69 Å². The van der Waals surface area contributed by atoms with Crippen molar-refractivity contribution >= 4 is 11.6 Å². The van der Waals surface area contributed by atoms with Crippen molar-refractivity contribution < 1.29 is 14.8 Å². The number of carbonyl (C=O) groups is 1. The molecule has 0 radical (unpaired) electrons. The van der Waals surface area contributed by atoms with Crippen molar-refractivity contribution in [3.05, 3.63) is 34.0 Å². The Labute approximate surface area is 99.4 Å². The monoisotopic (exact) mass is 249 g/mol. The summed E-state index contributed by atoms with van der Waals surface area (Å²) < 4.78 is 0. The van der Waals surface area contributed by atoms with E-state index in [0.717, 1.165) is 18.2 Å². The smallest absolute Gasteiger partial charge is 0.271 e. The van der Waals surface area contributed by atoms with Crippen LogP contribution in [0.15, 0.2) is 18.2 Å². The van der Waals surface area contributed by atoms with Crippen molar-refractivity contribution in [1.82, 2.24) is 15.4 Å². The highest BCUT2D eigenvalue weighted by molar-refractivity contribution is 5.97. The summed E-state index contributed by atoms with van der Waals surface area (Å²) in [6.45, 7) is 0. The number of aromatic nitrogens is 3. The lowest BCUT2D eigenvalue weighted by atomic mass is 10.1. The number of hydrogen-bond acceptors (Lipinski definition) is 6. The van der Waals surface area contributed by atoms with Gasteiger partial charge in [-0.05, 0) is 6.07 Å². The van der Waals surface area contributed by atoms with Crippen molar-refractivity contribution in [3.63, 3.8) is 0 Å². The van der Waals surface area contributed by atoms with Gasteiger partial charge in [0.2, 0.25) is 0 Å². The zero-order valence-corrected chi connectivity index (χ0v) is 8.82. The van der Waals surface area contributed by atoms with Crippen LogP contribution in [0.5, 0.6) is 5.75 Å². The number of aromatic amines is 1. The number of carbonyl (C=O) groups excluding carboxylic acids is 1. The van der Waals surface area contributed by atoms with E-state index in [-0.39, 0.29) is 28.4 Å². The number of amides is 1. The summed E-state index contributed by atoms with van der Waals surface area (Å²) in [7, 11) is 0. The second-order valence-corrected chi connectivity index (χ2v) is 3.34. The maximum absolute atomic E-state index is 11.1. The van der Waals surface area contributed by atoms with E-state index in [1.54, 1.807) is 0 Å². The molecule has 0 spiro atoms. The van der Waals surface area contributed by atoms with Crippen LogP contribution in [0.1, 0.15) is 10.5 Å². The van der Waals surface area contributed by atoms with E-state index in [0.29, 0.717) is 0 Å². The second kappa shape index (κ2) is 4.13. The van der Waals surface area contributed by atoms with E-state index in [1.807, 2.05) is 0 Å². The summed E-state index contributed by atoms with van der Waals surface area (Å²) in [4.78, 5) is 21.1. The minimum atomic E-state index is -0.857. The number of nitrogens with two attached hydrogens (primary N) is 1. The largest absolute Gasteiger partial charge is 0.507 e. The number of H-pyrrole nitrogens is 1. The van der Waals surface area contributed by atoms with E-state index in [1.165, 1.54) is 0 Å². The Morgan fingerprint density at radius 3 is 2.78 bits per heavy atom. The highest BCUT2D eigenvalue weighted by Gasteiger charge is 2.20. The molecule has 2 aromatic rings. The number of phenolic OH excluding ortho intramolecular Hbond substituents is 1. The minimum absolute atomic E-state index is 0.00625. The van der Waals surface area contributed by atoms with Gasteiger partial charge < -0.3 is 10.8 Å². The van der Waals surface area contributed by atoms with Gasteiger partial charge >= 0.3 is 0 Å².